The first-order valence-electron chi connectivity index (χ1n) is 11.0. The van der Waals surface area contributed by atoms with E-state index in [1.807, 2.05) is 42.5 Å². The number of aromatic amines is 1. The van der Waals surface area contributed by atoms with E-state index in [4.69, 9.17) is 10.5 Å². The first kappa shape index (κ1) is 22.7. The number of hydrogen-bond donors (Lipinski definition) is 2. The number of H-pyrrole nitrogens is 1. The zero-order valence-corrected chi connectivity index (χ0v) is 20.0. The lowest BCUT2D eigenvalue weighted by molar-refractivity contribution is 0.461. The van der Waals surface area contributed by atoms with E-state index in [0.717, 1.165) is 9.55 Å². The van der Waals surface area contributed by atoms with Crippen molar-refractivity contribution >= 4 is 32.2 Å². The van der Waals surface area contributed by atoms with Gasteiger partial charge >= 0.3 is 0 Å². The highest BCUT2D eigenvalue weighted by Crippen LogP contribution is 2.41. The molecule has 0 saturated heterocycles. The molecule has 1 aliphatic carbocycles. The molecule has 35 heavy (non-hydrogen) atoms. The lowest BCUT2D eigenvalue weighted by Gasteiger charge is -2.33. The first-order valence-corrected chi connectivity index (χ1v) is 12.5. The topological polar surface area (TPSA) is 120 Å². The van der Waals surface area contributed by atoms with Crippen molar-refractivity contribution in [2.24, 2.45) is 0 Å². The summed E-state index contributed by atoms with van der Waals surface area (Å²) in [5.74, 6) is 0.996. The van der Waals surface area contributed by atoms with Crippen LogP contribution in [0.3, 0.4) is 0 Å². The van der Waals surface area contributed by atoms with Crippen LogP contribution in [-0.4, -0.2) is 27.1 Å². The SMILES string of the molecule is CC1=CC(c2cc(N)cnc2Oc2ccccc2)=CCC1(C)S(=O)(=O)n1ccc2cc[nH]c(=O)c21. The van der Waals surface area contributed by atoms with Crippen molar-refractivity contribution in [2.75, 3.05) is 5.73 Å². The summed E-state index contributed by atoms with van der Waals surface area (Å²) in [7, 11) is -3.98. The number of para-hydroxylation sites is 1. The average Bonchev–Trinajstić information content (AvgIpc) is 3.29. The number of nitrogens with one attached hydrogen (secondary N) is 1. The first-order chi connectivity index (χ1) is 16.7. The molecular weight excluding hydrogens is 464 g/mol. The van der Waals surface area contributed by atoms with Crippen LogP contribution in [-0.2, 0) is 10.0 Å². The summed E-state index contributed by atoms with van der Waals surface area (Å²) in [5, 5.41) is 0.558. The Hall–Kier alpha value is -4.11. The van der Waals surface area contributed by atoms with Gasteiger partial charge < -0.3 is 15.5 Å². The minimum atomic E-state index is -3.98. The predicted octanol–water partition coefficient (Wildman–Crippen LogP) is 4.47. The van der Waals surface area contributed by atoms with Crippen LogP contribution in [0.4, 0.5) is 5.69 Å². The summed E-state index contributed by atoms with van der Waals surface area (Å²) in [6, 6.07) is 14.3. The van der Waals surface area contributed by atoms with Gasteiger partial charge in [-0.3, -0.25) is 4.79 Å². The van der Waals surface area contributed by atoms with Gasteiger partial charge in [0.25, 0.3) is 5.56 Å². The van der Waals surface area contributed by atoms with E-state index in [0.29, 0.717) is 33.8 Å². The third-order valence-electron chi connectivity index (χ3n) is 6.46. The Morgan fingerprint density at radius 2 is 1.94 bits per heavy atom. The largest absolute Gasteiger partial charge is 0.438 e. The number of nitrogens with two attached hydrogens (primary N) is 1. The Balaban J connectivity index is 1.55. The lowest BCUT2D eigenvalue weighted by Crippen LogP contribution is -2.41. The minimum Gasteiger partial charge on any atom is -0.438 e. The molecule has 0 saturated carbocycles. The van der Waals surface area contributed by atoms with Gasteiger partial charge in [-0.15, -0.1) is 0 Å². The highest BCUT2D eigenvalue weighted by atomic mass is 32.2. The standard InChI is InChI=1S/C26H24N4O4S/c1-17-14-19(22-15-20(27)16-29-25(22)34-21-6-4-3-5-7-21)8-11-26(17,2)35(32,33)30-13-10-18-9-12-28-24(31)23(18)30/h3-10,12-16H,11,27H2,1-2H3,(H,28,31). The molecule has 5 rings (SSSR count). The summed E-state index contributed by atoms with van der Waals surface area (Å²) in [6.07, 6.45) is 8.29. The molecule has 1 unspecified atom stereocenters. The number of nitrogen functional groups attached to an aromatic ring is 1. The fraction of sp³-hybridized carbons (Fsp3) is 0.154. The molecule has 3 heterocycles. The summed E-state index contributed by atoms with van der Waals surface area (Å²) < 4.78 is 33.5. The molecule has 1 aliphatic rings. The molecule has 178 valence electrons. The number of nitrogens with zero attached hydrogens (tertiary/aromatic N) is 2. The van der Waals surface area contributed by atoms with E-state index in [9.17, 15) is 13.2 Å². The fourth-order valence-corrected chi connectivity index (χ4v) is 6.09. The van der Waals surface area contributed by atoms with E-state index >= 15 is 0 Å². The number of benzene rings is 1. The van der Waals surface area contributed by atoms with Crippen molar-refractivity contribution in [3.63, 3.8) is 0 Å². The smallest absolute Gasteiger partial charge is 0.273 e. The van der Waals surface area contributed by atoms with Crippen molar-refractivity contribution in [1.29, 1.82) is 0 Å². The molecule has 0 spiro atoms. The van der Waals surface area contributed by atoms with Crippen LogP contribution in [0, 0.1) is 0 Å². The quantitative estimate of drug-likeness (QED) is 0.428. The van der Waals surface area contributed by atoms with E-state index in [1.165, 1.54) is 18.6 Å². The molecule has 3 N–H and O–H groups in total. The maximum Gasteiger partial charge on any atom is 0.273 e. The molecule has 0 bridgehead atoms. The van der Waals surface area contributed by atoms with Crippen LogP contribution in [0.5, 0.6) is 11.6 Å². The maximum atomic E-state index is 13.8. The molecule has 4 aromatic rings. The van der Waals surface area contributed by atoms with Crippen LogP contribution in [0.1, 0.15) is 25.8 Å². The van der Waals surface area contributed by atoms with Crippen LogP contribution in [0.25, 0.3) is 16.5 Å². The van der Waals surface area contributed by atoms with Gasteiger partial charge in [0.2, 0.25) is 15.9 Å². The molecule has 0 radical (unpaired) electrons. The van der Waals surface area contributed by atoms with Crippen molar-refractivity contribution in [3.8, 4) is 11.6 Å². The van der Waals surface area contributed by atoms with E-state index in [-0.39, 0.29) is 11.9 Å². The molecule has 1 aromatic carbocycles. The normalized spacial score (nSPS) is 18.2. The predicted molar refractivity (Wildman–Crippen MR) is 137 cm³/mol. The Morgan fingerprint density at radius 1 is 1.17 bits per heavy atom. The molecule has 0 fully saturated rings. The van der Waals surface area contributed by atoms with Gasteiger partial charge in [0, 0.05) is 23.3 Å². The monoisotopic (exact) mass is 488 g/mol. The van der Waals surface area contributed by atoms with Crippen LogP contribution in [0.15, 0.2) is 89.6 Å². The second kappa shape index (κ2) is 8.28. The zero-order chi connectivity index (χ0) is 24.8. The third-order valence-corrected chi connectivity index (χ3v) is 8.91. The highest BCUT2D eigenvalue weighted by Gasteiger charge is 2.43. The summed E-state index contributed by atoms with van der Waals surface area (Å²) in [6.45, 7) is 3.45. The van der Waals surface area contributed by atoms with E-state index < -0.39 is 20.3 Å². The van der Waals surface area contributed by atoms with Crippen LogP contribution in [0.2, 0.25) is 0 Å². The van der Waals surface area contributed by atoms with Crippen molar-refractivity contribution < 1.29 is 13.2 Å². The number of rotatable bonds is 5. The molecule has 1 atom stereocenters. The Morgan fingerprint density at radius 3 is 2.69 bits per heavy atom. The van der Waals surface area contributed by atoms with Gasteiger partial charge in [-0.2, -0.15) is 0 Å². The number of aromatic nitrogens is 3. The zero-order valence-electron chi connectivity index (χ0n) is 19.2. The number of pyridine rings is 2. The Kier molecular flexibility index (Phi) is 5.36. The van der Waals surface area contributed by atoms with Crippen molar-refractivity contribution in [2.45, 2.75) is 25.0 Å². The molecule has 0 aliphatic heterocycles. The highest BCUT2D eigenvalue weighted by molar-refractivity contribution is 7.91. The number of anilines is 1. The van der Waals surface area contributed by atoms with Gasteiger partial charge in [0.15, 0.2) is 0 Å². The lowest BCUT2D eigenvalue weighted by atomic mass is 9.87. The van der Waals surface area contributed by atoms with Gasteiger partial charge in [0.05, 0.1) is 11.9 Å². The van der Waals surface area contributed by atoms with Crippen molar-refractivity contribution in [3.05, 3.63) is 101 Å². The summed E-state index contributed by atoms with van der Waals surface area (Å²) in [4.78, 5) is 19.4. The van der Waals surface area contributed by atoms with Gasteiger partial charge in [-0.05, 0) is 61.7 Å². The van der Waals surface area contributed by atoms with Crippen LogP contribution < -0.4 is 16.0 Å². The fourth-order valence-electron chi connectivity index (χ4n) is 4.25. The second-order valence-corrected chi connectivity index (χ2v) is 10.9. The number of fused-ring (bicyclic) bond motifs is 1. The Labute approximate surface area is 202 Å². The van der Waals surface area contributed by atoms with Gasteiger partial charge in [-0.25, -0.2) is 17.4 Å². The summed E-state index contributed by atoms with van der Waals surface area (Å²) >= 11 is 0. The molecular formula is C26H24N4O4S. The molecule has 3 aromatic heterocycles. The van der Waals surface area contributed by atoms with Crippen LogP contribution >= 0.6 is 0 Å². The number of hydrogen-bond acceptors (Lipinski definition) is 6. The van der Waals surface area contributed by atoms with Crippen molar-refractivity contribution in [1.82, 2.24) is 13.9 Å². The second-order valence-electron chi connectivity index (χ2n) is 8.69. The molecule has 0 amide bonds. The van der Waals surface area contributed by atoms with E-state index in [1.54, 1.807) is 32.0 Å². The van der Waals surface area contributed by atoms with Gasteiger partial charge in [-0.1, -0.05) is 30.4 Å². The minimum absolute atomic E-state index is 0.106. The maximum absolute atomic E-state index is 13.8. The molecule has 8 nitrogen and oxygen atoms in total. The number of allylic oxidation sites excluding steroid dienone is 3. The van der Waals surface area contributed by atoms with Gasteiger partial charge in [0.1, 0.15) is 16.0 Å². The van der Waals surface area contributed by atoms with E-state index in [2.05, 4.69) is 9.97 Å². The molecule has 9 heteroatoms. The average molecular weight is 489 g/mol. The summed E-state index contributed by atoms with van der Waals surface area (Å²) in [5.41, 5.74) is 8.18. The Bertz CT molecular complexity index is 1670. The third kappa shape index (κ3) is 3.74. The number of ether oxygens (including phenoxy) is 1.